The van der Waals surface area contributed by atoms with Gasteiger partial charge in [-0.25, -0.2) is 4.79 Å². The predicted molar refractivity (Wildman–Crippen MR) is 78.5 cm³/mol. The van der Waals surface area contributed by atoms with Gasteiger partial charge in [0.1, 0.15) is 0 Å². The fraction of sp³-hybridized carbons (Fsp3) is 0.267. The third-order valence-electron chi connectivity index (χ3n) is 3.36. The summed E-state index contributed by atoms with van der Waals surface area (Å²) in [5.41, 5.74) is 3.98. The van der Waals surface area contributed by atoms with E-state index in [0.29, 0.717) is 11.3 Å². The molecule has 0 bridgehead atoms. The Labute approximate surface area is 122 Å². The van der Waals surface area contributed by atoms with Gasteiger partial charge in [-0.3, -0.25) is 9.89 Å². The summed E-state index contributed by atoms with van der Waals surface area (Å²) in [5, 5.41) is 18.6. The first kappa shape index (κ1) is 14.8. The van der Waals surface area contributed by atoms with Crippen LogP contribution in [-0.2, 0) is 11.2 Å². The van der Waals surface area contributed by atoms with Gasteiger partial charge in [0.05, 0.1) is 17.7 Å². The Morgan fingerprint density at radius 3 is 2.52 bits per heavy atom. The minimum atomic E-state index is -0.977. The van der Waals surface area contributed by atoms with Crippen molar-refractivity contribution in [3.8, 4) is 0 Å². The molecule has 1 aromatic heterocycles. The minimum Gasteiger partial charge on any atom is -0.478 e. The molecule has 1 heterocycles. The van der Waals surface area contributed by atoms with Crippen LogP contribution in [0, 0.1) is 20.8 Å². The molecule has 0 spiro atoms. The van der Waals surface area contributed by atoms with E-state index in [0.717, 1.165) is 17.0 Å². The van der Waals surface area contributed by atoms with Gasteiger partial charge in [0.2, 0.25) is 5.91 Å². The first-order valence-corrected chi connectivity index (χ1v) is 6.52. The second-order valence-corrected chi connectivity index (χ2v) is 4.97. The summed E-state index contributed by atoms with van der Waals surface area (Å²) in [5.74, 6) is -1.14. The standard InChI is InChI=1S/C15H17N3O3/c1-8-6-11(4-5-12(8)15(20)21)16-14(19)7-13-9(2)17-18-10(13)3/h4-6H,7H2,1-3H3,(H,16,19)(H,17,18)(H,20,21). The zero-order chi connectivity index (χ0) is 15.6. The number of carboxylic acid groups (broad SMARTS) is 1. The molecule has 21 heavy (non-hydrogen) atoms. The van der Waals surface area contributed by atoms with Crippen LogP contribution in [0.25, 0.3) is 0 Å². The number of carbonyl (C=O) groups is 2. The van der Waals surface area contributed by atoms with E-state index in [1.165, 1.54) is 6.07 Å². The summed E-state index contributed by atoms with van der Waals surface area (Å²) in [6.07, 6.45) is 0.230. The van der Waals surface area contributed by atoms with Crippen LogP contribution in [0.5, 0.6) is 0 Å². The molecular weight excluding hydrogens is 270 g/mol. The highest BCUT2D eigenvalue weighted by atomic mass is 16.4. The van der Waals surface area contributed by atoms with Gasteiger partial charge in [-0.2, -0.15) is 5.10 Å². The number of aromatic nitrogens is 2. The van der Waals surface area contributed by atoms with Crippen LogP contribution in [0.2, 0.25) is 0 Å². The van der Waals surface area contributed by atoms with E-state index in [4.69, 9.17) is 5.11 Å². The number of rotatable bonds is 4. The quantitative estimate of drug-likeness (QED) is 0.803. The molecule has 6 nitrogen and oxygen atoms in total. The molecule has 0 saturated carbocycles. The zero-order valence-electron chi connectivity index (χ0n) is 12.2. The van der Waals surface area contributed by atoms with Crippen LogP contribution in [0.3, 0.4) is 0 Å². The molecule has 0 aliphatic carbocycles. The van der Waals surface area contributed by atoms with Crippen LogP contribution < -0.4 is 5.32 Å². The molecule has 3 N–H and O–H groups in total. The Hall–Kier alpha value is -2.63. The van der Waals surface area contributed by atoms with Gasteiger partial charge in [0.15, 0.2) is 0 Å². The number of carboxylic acids is 1. The summed E-state index contributed by atoms with van der Waals surface area (Å²) in [6, 6.07) is 4.72. The Balaban J connectivity index is 2.10. The highest BCUT2D eigenvalue weighted by Crippen LogP contribution is 2.16. The lowest BCUT2D eigenvalue weighted by molar-refractivity contribution is -0.115. The number of aromatic carboxylic acids is 1. The van der Waals surface area contributed by atoms with Crippen molar-refractivity contribution in [1.82, 2.24) is 10.2 Å². The van der Waals surface area contributed by atoms with Crippen molar-refractivity contribution in [3.63, 3.8) is 0 Å². The molecule has 2 aromatic rings. The van der Waals surface area contributed by atoms with Crippen molar-refractivity contribution in [2.45, 2.75) is 27.2 Å². The Kier molecular flexibility index (Phi) is 4.07. The second-order valence-electron chi connectivity index (χ2n) is 4.97. The molecule has 1 amide bonds. The topological polar surface area (TPSA) is 95.1 Å². The maximum Gasteiger partial charge on any atom is 0.335 e. The van der Waals surface area contributed by atoms with Gasteiger partial charge < -0.3 is 10.4 Å². The number of aryl methyl sites for hydroxylation is 3. The summed E-state index contributed by atoms with van der Waals surface area (Å²) in [4.78, 5) is 23.0. The average Bonchev–Trinajstić information content (AvgIpc) is 2.70. The molecule has 0 unspecified atom stereocenters. The van der Waals surface area contributed by atoms with Crippen molar-refractivity contribution < 1.29 is 14.7 Å². The molecule has 6 heteroatoms. The summed E-state index contributed by atoms with van der Waals surface area (Å²) < 4.78 is 0. The molecule has 0 aliphatic heterocycles. The fourth-order valence-electron chi connectivity index (χ4n) is 2.18. The number of hydrogen-bond acceptors (Lipinski definition) is 3. The van der Waals surface area contributed by atoms with Gasteiger partial charge in [-0.1, -0.05) is 0 Å². The van der Waals surface area contributed by atoms with E-state index >= 15 is 0 Å². The largest absolute Gasteiger partial charge is 0.478 e. The van der Waals surface area contributed by atoms with Gasteiger partial charge in [-0.15, -0.1) is 0 Å². The Morgan fingerprint density at radius 2 is 2.00 bits per heavy atom. The van der Waals surface area contributed by atoms with E-state index in [1.807, 2.05) is 13.8 Å². The number of carbonyl (C=O) groups excluding carboxylic acids is 1. The molecule has 2 rings (SSSR count). The van der Waals surface area contributed by atoms with Crippen LogP contribution in [-0.4, -0.2) is 27.2 Å². The summed E-state index contributed by atoms with van der Waals surface area (Å²) in [7, 11) is 0. The number of aromatic amines is 1. The van der Waals surface area contributed by atoms with Crippen molar-refractivity contribution in [2.24, 2.45) is 0 Å². The highest BCUT2D eigenvalue weighted by molar-refractivity contribution is 5.94. The first-order chi connectivity index (χ1) is 9.88. The van der Waals surface area contributed by atoms with Gasteiger partial charge >= 0.3 is 5.97 Å². The fourth-order valence-corrected chi connectivity index (χ4v) is 2.18. The molecular formula is C15H17N3O3. The number of H-pyrrole nitrogens is 1. The number of benzene rings is 1. The number of hydrogen-bond donors (Lipinski definition) is 3. The van der Waals surface area contributed by atoms with Crippen molar-refractivity contribution in [1.29, 1.82) is 0 Å². The Bertz CT molecular complexity index is 685. The van der Waals surface area contributed by atoms with Crippen LogP contribution in [0.4, 0.5) is 5.69 Å². The van der Waals surface area contributed by atoms with E-state index in [-0.39, 0.29) is 17.9 Å². The van der Waals surface area contributed by atoms with E-state index in [2.05, 4.69) is 15.5 Å². The number of anilines is 1. The molecule has 1 aromatic carbocycles. The van der Waals surface area contributed by atoms with E-state index in [9.17, 15) is 9.59 Å². The number of amides is 1. The maximum atomic E-state index is 12.0. The number of nitrogens with one attached hydrogen (secondary N) is 2. The molecule has 0 saturated heterocycles. The monoisotopic (exact) mass is 287 g/mol. The average molecular weight is 287 g/mol. The van der Waals surface area contributed by atoms with Gasteiger partial charge in [0.25, 0.3) is 0 Å². The summed E-state index contributed by atoms with van der Waals surface area (Å²) >= 11 is 0. The number of nitrogens with zero attached hydrogens (tertiary/aromatic N) is 1. The SMILES string of the molecule is Cc1cc(NC(=O)Cc2c(C)n[nH]c2C)ccc1C(=O)O. The third kappa shape index (κ3) is 3.28. The molecule has 110 valence electrons. The van der Waals surface area contributed by atoms with Crippen LogP contribution in [0.15, 0.2) is 18.2 Å². The normalized spacial score (nSPS) is 10.4. The van der Waals surface area contributed by atoms with Crippen molar-refractivity contribution >= 4 is 17.6 Å². The summed E-state index contributed by atoms with van der Waals surface area (Å²) in [6.45, 7) is 5.41. The lowest BCUT2D eigenvalue weighted by Gasteiger charge is -2.08. The third-order valence-corrected chi connectivity index (χ3v) is 3.36. The van der Waals surface area contributed by atoms with Crippen molar-refractivity contribution in [2.75, 3.05) is 5.32 Å². The highest BCUT2D eigenvalue weighted by Gasteiger charge is 2.13. The van der Waals surface area contributed by atoms with E-state index in [1.54, 1.807) is 19.1 Å². The van der Waals surface area contributed by atoms with Crippen LogP contribution in [0.1, 0.15) is 32.9 Å². The molecule has 0 atom stereocenters. The smallest absolute Gasteiger partial charge is 0.335 e. The molecule has 0 aliphatic rings. The Morgan fingerprint density at radius 1 is 1.29 bits per heavy atom. The minimum absolute atomic E-state index is 0.162. The lowest BCUT2D eigenvalue weighted by Crippen LogP contribution is -2.15. The van der Waals surface area contributed by atoms with Gasteiger partial charge in [-0.05, 0) is 44.5 Å². The second kappa shape index (κ2) is 5.78. The molecule has 0 fully saturated rings. The predicted octanol–water partition coefficient (Wildman–Crippen LogP) is 2.21. The molecule has 0 radical (unpaired) electrons. The maximum absolute atomic E-state index is 12.0. The lowest BCUT2D eigenvalue weighted by atomic mass is 10.1. The van der Waals surface area contributed by atoms with Gasteiger partial charge in [0, 0.05) is 16.9 Å². The van der Waals surface area contributed by atoms with Crippen molar-refractivity contribution in [3.05, 3.63) is 46.3 Å². The first-order valence-electron chi connectivity index (χ1n) is 6.52. The zero-order valence-corrected chi connectivity index (χ0v) is 12.2. The van der Waals surface area contributed by atoms with E-state index < -0.39 is 5.97 Å². The van der Waals surface area contributed by atoms with Crippen LogP contribution >= 0.6 is 0 Å².